The van der Waals surface area contributed by atoms with Crippen LogP contribution in [0.3, 0.4) is 0 Å². The zero-order valence-corrected chi connectivity index (χ0v) is 17.6. The minimum atomic E-state index is -0.406. The van der Waals surface area contributed by atoms with Crippen molar-refractivity contribution in [2.45, 2.75) is 0 Å². The molecule has 3 aromatic carbocycles. The molecule has 0 unspecified atom stereocenters. The minimum absolute atomic E-state index is 0.0819. The summed E-state index contributed by atoms with van der Waals surface area (Å²) in [6, 6.07) is 18.1. The highest BCUT2D eigenvalue weighted by Crippen LogP contribution is 2.35. The molecule has 6 nitrogen and oxygen atoms in total. The van der Waals surface area contributed by atoms with Gasteiger partial charge in [-0.1, -0.05) is 42.5 Å². The average molecular weight is 417 g/mol. The first-order chi connectivity index (χ1) is 15.0. The van der Waals surface area contributed by atoms with Crippen LogP contribution in [-0.4, -0.2) is 26.3 Å². The van der Waals surface area contributed by atoms with Gasteiger partial charge in [0.2, 0.25) is 0 Å². The molecular weight excluding hydrogens is 394 g/mol. The number of hydrogen-bond acceptors (Lipinski definition) is 5. The summed E-state index contributed by atoms with van der Waals surface area (Å²) >= 11 is 0. The zero-order valence-electron chi connectivity index (χ0n) is 17.6. The molecule has 0 fully saturated rings. The predicted molar refractivity (Wildman–Crippen MR) is 123 cm³/mol. The van der Waals surface area contributed by atoms with Crippen molar-refractivity contribution in [3.05, 3.63) is 93.0 Å². The van der Waals surface area contributed by atoms with E-state index in [1.165, 1.54) is 12.1 Å². The van der Waals surface area contributed by atoms with E-state index in [1.54, 1.807) is 33.5 Å². The Bertz CT molecular complexity index is 1070. The van der Waals surface area contributed by atoms with E-state index in [4.69, 9.17) is 14.2 Å². The summed E-state index contributed by atoms with van der Waals surface area (Å²) in [5.74, 6) is 1.99. The number of non-ortho nitro benzene ring substituents is 1. The molecule has 0 aliphatic rings. The normalized spacial score (nSPS) is 11.1. The smallest absolute Gasteiger partial charge is 0.269 e. The number of methoxy groups -OCH3 is 3. The Balaban J connectivity index is 1.75. The zero-order chi connectivity index (χ0) is 22.2. The van der Waals surface area contributed by atoms with Crippen LogP contribution in [0.1, 0.15) is 22.3 Å². The molecule has 0 N–H and O–H groups in total. The Morgan fingerprint density at radius 1 is 0.677 bits per heavy atom. The van der Waals surface area contributed by atoms with Crippen molar-refractivity contribution in [3.63, 3.8) is 0 Å². The molecule has 0 radical (unpaired) electrons. The van der Waals surface area contributed by atoms with Crippen molar-refractivity contribution in [1.82, 2.24) is 0 Å². The molecule has 3 rings (SSSR count). The standard InChI is InChI=1S/C25H23NO5/c1-29-22-16-24(30-2)23(25(17-22)31-3)15-12-19-7-4-18(5-8-19)6-9-20-10-13-21(14-11-20)26(27)28/h4-17H,1-3H3/b9-6+,15-12+. The fraction of sp³-hybridized carbons (Fsp3) is 0.120. The summed E-state index contributed by atoms with van der Waals surface area (Å²) < 4.78 is 16.2. The lowest BCUT2D eigenvalue weighted by Gasteiger charge is -2.12. The molecule has 158 valence electrons. The maximum atomic E-state index is 10.7. The van der Waals surface area contributed by atoms with Crippen LogP contribution in [0.4, 0.5) is 5.69 Å². The Hall–Kier alpha value is -4.06. The van der Waals surface area contributed by atoms with Crippen LogP contribution in [0.15, 0.2) is 60.7 Å². The largest absolute Gasteiger partial charge is 0.496 e. The Morgan fingerprint density at radius 2 is 1.10 bits per heavy atom. The SMILES string of the molecule is COc1cc(OC)c(/C=C/c2ccc(/C=C/c3ccc([N+](=O)[O-])cc3)cc2)c(OC)c1. The summed E-state index contributed by atoms with van der Waals surface area (Å²) in [7, 11) is 4.82. The second-order valence-electron chi connectivity index (χ2n) is 6.63. The van der Waals surface area contributed by atoms with E-state index >= 15 is 0 Å². The van der Waals surface area contributed by atoms with Crippen LogP contribution in [-0.2, 0) is 0 Å². The maximum absolute atomic E-state index is 10.7. The molecule has 0 saturated heterocycles. The lowest BCUT2D eigenvalue weighted by molar-refractivity contribution is -0.384. The van der Waals surface area contributed by atoms with E-state index in [9.17, 15) is 10.1 Å². The van der Waals surface area contributed by atoms with Gasteiger partial charge in [-0.3, -0.25) is 10.1 Å². The minimum Gasteiger partial charge on any atom is -0.496 e. The first-order valence-electron chi connectivity index (χ1n) is 9.54. The highest BCUT2D eigenvalue weighted by molar-refractivity contribution is 5.77. The first-order valence-corrected chi connectivity index (χ1v) is 9.54. The van der Waals surface area contributed by atoms with Crippen molar-refractivity contribution >= 4 is 30.0 Å². The molecule has 0 aliphatic carbocycles. The molecule has 0 aromatic heterocycles. The summed E-state index contributed by atoms with van der Waals surface area (Å²) in [4.78, 5) is 10.3. The second kappa shape index (κ2) is 10.1. The topological polar surface area (TPSA) is 70.8 Å². The number of benzene rings is 3. The van der Waals surface area contributed by atoms with Gasteiger partial charge < -0.3 is 14.2 Å². The van der Waals surface area contributed by atoms with Crippen LogP contribution in [0, 0.1) is 10.1 Å². The van der Waals surface area contributed by atoms with Gasteiger partial charge in [-0.25, -0.2) is 0 Å². The van der Waals surface area contributed by atoms with Gasteiger partial charge in [-0.2, -0.15) is 0 Å². The van der Waals surface area contributed by atoms with Gasteiger partial charge in [0.1, 0.15) is 17.2 Å². The number of hydrogen-bond donors (Lipinski definition) is 0. The summed E-state index contributed by atoms with van der Waals surface area (Å²) in [6.07, 6.45) is 7.81. The fourth-order valence-electron chi connectivity index (χ4n) is 2.99. The van der Waals surface area contributed by atoms with E-state index in [0.717, 1.165) is 22.3 Å². The lowest BCUT2D eigenvalue weighted by Crippen LogP contribution is -1.94. The molecule has 6 heteroatoms. The molecule has 3 aromatic rings. The van der Waals surface area contributed by atoms with Crippen molar-refractivity contribution < 1.29 is 19.1 Å². The monoisotopic (exact) mass is 417 g/mol. The number of rotatable bonds is 8. The molecule has 0 bridgehead atoms. The second-order valence-corrected chi connectivity index (χ2v) is 6.63. The Kier molecular flexibility index (Phi) is 7.06. The Morgan fingerprint density at radius 3 is 1.48 bits per heavy atom. The average Bonchev–Trinajstić information content (AvgIpc) is 2.81. The van der Waals surface area contributed by atoms with Crippen LogP contribution in [0.5, 0.6) is 17.2 Å². The Labute approximate surface area is 181 Å². The third kappa shape index (κ3) is 5.51. The molecule has 0 amide bonds. The van der Waals surface area contributed by atoms with Crippen molar-refractivity contribution in [3.8, 4) is 17.2 Å². The predicted octanol–water partition coefficient (Wildman–Crippen LogP) is 5.96. The molecule has 0 heterocycles. The van der Waals surface area contributed by atoms with E-state index in [0.29, 0.717) is 17.2 Å². The van der Waals surface area contributed by atoms with Crippen LogP contribution >= 0.6 is 0 Å². The van der Waals surface area contributed by atoms with Gasteiger partial charge >= 0.3 is 0 Å². The van der Waals surface area contributed by atoms with Gasteiger partial charge in [0.25, 0.3) is 5.69 Å². The number of nitro groups is 1. The van der Waals surface area contributed by atoms with Crippen molar-refractivity contribution in [2.75, 3.05) is 21.3 Å². The lowest BCUT2D eigenvalue weighted by atomic mass is 10.1. The molecule has 0 spiro atoms. The van der Waals surface area contributed by atoms with Gasteiger partial charge in [-0.05, 0) is 34.9 Å². The maximum Gasteiger partial charge on any atom is 0.269 e. The molecular formula is C25H23NO5. The quantitative estimate of drug-likeness (QED) is 0.257. The van der Waals surface area contributed by atoms with Crippen LogP contribution in [0.2, 0.25) is 0 Å². The summed E-state index contributed by atoms with van der Waals surface area (Å²) in [5, 5.41) is 10.7. The summed E-state index contributed by atoms with van der Waals surface area (Å²) in [6.45, 7) is 0. The molecule has 31 heavy (non-hydrogen) atoms. The van der Waals surface area contributed by atoms with E-state index in [-0.39, 0.29) is 5.69 Å². The molecule has 0 aliphatic heterocycles. The van der Waals surface area contributed by atoms with Gasteiger partial charge in [0, 0.05) is 24.3 Å². The van der Waals surface area contributed by atoms with Gasteiger partial charge in [-0.15, -0.1) is 0 Å². The number of ether oxygens (including phenoxy) is 3. The number of nitrogens with zero attached hydrogens (tertiary/aromatic N) is 1. The van der Waals surface area contributed by atoms with Gasteiger partial charge in [0.05, 0.1) is 31.8 Å². The van der Waals surface area contributed by atoms with Crippen LogP contribution in [0.25, 0.3) is 24.3 Å². The number of nitro benzene ring substituents is 1. The first kappa shape index (κ1) is 21.6. The third-order valence-corrected chi connectivity index (χ3v) is 4.70. The molecule has 0 saturated carbocycles. The van der Waals surface area contributed by atoms with E-state index in [1.807, 2.05) is 60.7 Å². The van der Waals surface area contributed by atoms with Crippen LogP contribution < -0.4 is 14.2 Å². The van der Waals surface area contributed by atoms with Crippen molar-refractivity contribution in [2.24, 2.45) is 0 Å². The highest BCUT2D eigenvalue weighted by Gasteiger charge is 2.10. The molecule has 0 atom stereocenters. The fourth-order valence-corrected chi connectivity index (χ4v) is 2.99. The summed E-state index contributed by atoms with van der Waals surface area (Å²) in [5.41, 5.74) is 3.85. The van der Waals surface area contributed by atoms with E-state index in [2.05, 4.69) is 0 Å². The van der Waals surface area contributed by atoms with Crippen molar-refractivity contribution in [1.29, 1.82) is 0 Å². The highest BCUT2D eigenvalue weighted by atomic mass is 16.6. The van der Waals surface area contributed by atoms with Gasteiger partial charge in [0.15, 0.2) is 0 Å². The third-order valence-electron chi connectivity index (χ3n) is 4.70. The van der Waals surface area contributed by atoms with E-state index < -0.39 is 4.92 Å².